The lowest BCUT2D eigenvalue weighted by atomic mass is 10.2. The van der Waals surface area contributed by atoms with Crippen molar-refractivity contribution in [1.29, 1.82) is 0 Å². The van der Waals surface area contributed by atoms with E-state index in [2.05, 4.69) is 10.3 Å². The zero-order chi connectivity index (χ0) is 14.5. The first-order chi connectivity index (χ1) is 10.3. The molecule has 2 aromatic rings. The molecule has 4 nitrogen and oxygen atoms in total. The van der Waals surface area contributed by atoms with Crippen molar-refractivity contribution >= 4 is 0 Å². The largest absolute Gasteiger partial charge is 0.497 e. The van der Waals surface area contributed by atoms with E-state index in [1.807, 2.05) is 30.3 Å². The van der Waals surface area contributed by atoms with Crippen LogP contribution in [0.5, 0.6) is 11.5 Å². The zero-order valence-corrected chi connectivity index (χ0v) is 12.2. The van der Waals surface area contributed by atoms with Gasteiger partial charge in [-0.05, 0) is 48.7 Å². The second-order valence-corrected chi connectivity index (χ2v) is 5.27. The molecule has 0 amide bonds. The Morgan fingerprint density at radius 2 is 2.00 bits per heavy atom. The topological polar surface area (TPSA) is 43.4 Å². The minimum Gasteiger partial charge on any atom is -0.497 e. The highest BCUT2D eigenvalue weighted by Gasteiger charge is 2.20. The Bertz CT molecular complexity index is 583. The average Bonchev–Trinajstić information content (AvgIpc) is 3.36. The molecule has 0 unspecified atom stereocenters. The summed E-state index contributed by atoms with van der Waals surface area (Å²) in [6.45, 7) is 1.36. The molecule has 3 rings (SSSR count). The number of nitrogens with one attached hydrogen (secondary N) is 1. The molecule has 1 fully saturated rings. The van der Waals surface area contributed by atoms with E-state index in [1.54, 1.807) is 19.5 Å². The van der Waals surface area contributed by atoms with Crippen molar-refractivity contribution in [3.8, 4) is 11.5 Å². The fourth-order valence-corrected chi connectivity index (χ4v) is 2.14. The van der Waals surface area contributed by atoms with Gasteiger partial charge in [0, 0.05) is 30.5 Å². The third kappa shape index (κ3) is 3.95. The monoisotopic (exact) mass is 284 g/mol. The van der Waals surface area contributed by atoms with E-state index in [0.717, 1.165) is 29.2 Å². The van der Waals surface area contributed by atoms with Gasteiger partial charge in [-0.3, -0.25) is 4.98 Å². The molecule has 1 aromatic carbocycles. The van der Waals surface area contributed by atoms with E-state index in [1.165, 1.54) is 12.8 Å². The highest BCUT2D eigenvalue weighted by atomic mass is 16.5. The molecule has 0 spiro atoms. The standard InChI is InChI=1S/C17H20N2O2/c1-20-16-4-5-17(14(10-16)11-19-15-2-3-15)21-12-13-6-8-18-9-7-13/h4-10,15,19H,2-3,11-12H2,1H3. The molecule has 0 saturated heterocycles. The van der Waals surface area contributed by atoms with Crippen molar-refractivity contribution in [2.75, 3.05) is 7.11 Å². The van der Waals surface area contributed by atoms with Crippen LogP contribution in [0.15, 0.2) is 42.7 Å². The van der Waals surface area contributed by atoms with Gasteiger partial charge in [-0.2, -0.15) is 0 Å². The molecule has 1 heterocycles. The van der Waals surface area contributed by atoms with Gasteiger partial charge in [-0.25, -0.2) is 0 Å². The van der Waals surface area contributed by atoms with Gasteiger partial charge in [0.05, 0.1) is 7.11 Å². The Balaban J connectivity index is 1.69. The molecule has 1 saturated carbocycles. The highest BCUT2D eigenvalue weighted by Crippen LogP contribution is 2.27. The third-order valence-electron chi connectivity index (χ3n) is 3.57. The molecular weight excluding hydrogens is 264 g/mol. The second-order valence-electron chi connectivity index (χ2n) is 5.27. The lowest BCUT2D eigenvalue weighted by Crippen LogP contribution is -2.16. The van der Waals surface area contributed by atoms with E-state index in [4.69, 9.17) is 9.47 Å². The summed E-state index contributed by atoms with van der Waals surface area (Å²) in [5, 5.41) is 3.52. The predicted octanol–water partition coefficient (Wildman–Crippen LogP) is 2.92. The van der Waals surface area contributed by atoms with Gasteiger partial charge < -0.3 is 14.8 Å². The molecular formula is C17H20N2O2. The van der Waals surface area contributed by atoms with E-state index in [0.29, 0.717) is 12.6 Å². The van der Waals surface area contributed by atoms with Crippen molar-refractivity contribution < 1.29 is 9.47 Å². The Morgan fingerprint density at radius 1 is 1.19 bits per heavy atom. The van der Waals surface area contributed by atoms with E-state index in [9.17, 15) is 0 Å². The van der Waals surface area contributed by atoms with Gasteiger partial charge >= 0.3 is 0 Å². The molecule has 1 N–H and O–H groups in total. The summed E-state index contributed by atoms with van der Waals surface area (Å²) in [5.41, 5.74) is 2.25. The molecule has 0 aliphatic heterocycles. The van der Waals surface area contributed by atoms with E-state index in [-0.39, 0.29) is 0 Å². The lowest BCUT2D eigenvalue weighted by Gasteiger charge is -2.13. The summed E-state index contributed by atoms with van der Waals surface area (Å²) in [7, 11) is 1.69. The summed E-state index contributed by atoms with van der Waals surface area (Å²) < 4.78 is 11.3. The van der Waals surface area contributed by atoms with Crippen LogP contribution >= 0.6 is 0 Å². The van der Waals surface area contributed by atoms with Crippen LogP contribution in [0.3, 0.4) is 0 Å². The minimum absolute atomic E-state index is 0.547. The quantitative estimate of drug-likeness (QED) is 0.849. The Hall–Kier alpha value is -2.07. The average molecular weight is 284 g/mol. The fourth-order valence-electron chi connectivity index (χ4n) is 2.14. The van der Waals surface area contributed by atoms with Gasteiger partial charge in [0.15, 0.2) is 0 Å². The number of ether oxygens (including phenoxy) is 2. The van der Waals surface area contributed by atoms with Gasteiger partial charge in [-0.1, -0.05) is 0 Å². The Labute approximate surface area is 125 Å². The number of hydrogen-bond donors (Lipinski definition) is 1. The maximum absolute atomic E-state index is 5.95. The summed E-state index contributed by atoms with van der Waals surface area (Å²) in [4.78, 5) is 4.01. The molecule has 4 heteroatoms. The van der Waals surface area contributed by atoms with Gasteiger partial charge in [0.1, 0.15) is 18.1 Å². The summed E-state index contributed by atoms with van der Waals surface area (Å²) in [6, 6.07) is 10.5. The van der Waals surface area contributed by atoms with Crippen molar-refractivity contribution in [3.05, 3.63) is 53.9 Å². The summed E-state index contributed by atoms with van der Waals surface area (Å²) in [6.07, 6.45) is 6.11. The number of aromatic nitrogens is 1. The molecule has 1 aliphatic carbocycles. The first kappa shape index (κ1) is 13.9. The van der Waals surface area contributed by atoms with E-state index < -0.39 is 0 Å². The molecule has 110 valence electrons. The molecule has 0 atom stereocenters. The number of hydrogen-bond acceptors (Lipinski definition) is 4. The maximum Gasteiger partial charge on any atom is 0.124 e. The summed E-state index contributed by atoms with van der Waals surface area (Å²) in [5.74, 6) is 1.76. The second kappa shape index (κ2) is 6.59. The lowest BCUT2D eigenvalue weighted by molar-refractivity contribution is 0.301. The van der Waals surface area contributed by atoms with Crippen LogP contribution in [0.2, 0.25) is 0 Å². The SMILES string of the molecule is COc1ccc(OCc2ccncc2)c(CNC2CC2)c1. The van der Waals surface area contributed by atoms with Crippen LogP contribution in [0, 0.1) is 0 Å². The van der Waals surface area contributed by atoms with Crippen LogP contribution in [-0.2, 0) is 13.2 Å². The third-order valence-corrected chi connectivity index (χ3v) is 3.57. The number of methoxy groups -OCH3 is 1. The van der Waals surface area contributed by atoms with Crippen LogP contribution in [0.4, 0.5) is 0 Å². The molecule has 0 radical (unpaired) electrons. The minimum atomic E-state index is 0.547. The normalized spacial score (nSPS) is 14.0. The Kier molecular flexibility index (Phi) is 4.36. The van der Waals surface area contributed by atoms with Gasteiger partial charge in [-0.15, -0.1) is 0 Å². The smallest absolute Gasteiger partial charge is 0.124 e. The first-order valence-electron chi connectivity index (χ1n) is 7.27. The molecule has 0 bridgehead atoms. The highest BCUT2D eigenvalue weighted by molar-refractivity contribution is 5.40. The fraction of sp³-hybridized carbons (Fsp3) is 0.353. The molecule has 21 heavy (non-hydrogen) atoms. The van der Waals surface area contributed by atoms with Crippen LogP contribution in [-0.4, -0.2) is 18.1 Å². The number of pyridine rings is 1. The zero-order valence-electron chi connectivity index (χ0n) is 12.2. The van der Waals surface area contributed by atoms with Crippen LogP contribution < -0.4 is 14.8 Å². The Morgan fingerprint density at radius 3 is 2.71 bits per heavy atom. The molecule has 1 aromatic heterocycles. The van der Waals surface area contributed by atoms with Crippen molar-refractivity contribution in [2.24, 2.45) is 0 Å². The first-order valence-corrected chi connectivity index (χ1v) is 7.27. The van der Waals surface area contributed by atoms with Crippen LogP contribution in [0.1, 0.15) is 24.0 Å². The molecule has 1 aliphatic rings. The van der Waals surface area contributed by atoms with Crippen molar-refractivity contribution in [1.82, 2.24) is 10.3 Å². The maximum atomic E-state index is 5.95. The van der Waals surface area contributed by atoms with Gasteiger partial charge in [0.25, 0.3) is 0 Å². The number of nitrogens with zero attached hydrogens (tertiary/aromatic N) is 1. The van der Waals surface area contributed by atoms with Gasteiger partial charge in [0.2, 0.25) is 0 Å². The van der Waals surface area contributed by atoms with Crippen molar-refractivity contribution in [3.63, 3.8) is 0 Å². The number of rotatable bonds is 7. The van der Waals surface area contributed by atoms with Crippen LogP contribution in [0.25, 0.3) is 0 Å². The predicted molar refractivity (Wildman–Crippen MR) is 81.4 cm³/mol. The van der Waals surface area contributed by atoms with E-state index >= 15 is 0 Å². The summed E-state index contributed by atoms with van der Waals surface area (Å²) >= 11 is 0. The van der Waals surface area contributed by atoms with Crippen molar-refractivity contribution in [2.45, 2.75) is 32.0 Å². The number of benzene rings is 1.